The van der Waals surface area contributed by atoms with Crippen LogP contribution in [-0.4, -0.2) is 12.3 Å². The van der Waals surface area contributed by atoms with Crippen LogP contribution >= 0.6 is 0 Å². The lowest BCUT2D eigenvalue weighted by Crippen LogP contribution is -2.19. The van der Waals surface area contributed by atoms with E-state index >= 15 is 0 Å². The van der Waals surface area contributed by atoms with Crippen LogP contribution in [0.1, 0.15) is 0 Å². The fraction of sp³-hybridized carbons (Fsp3) is 0.0714. The van der Waals surface area contributed by atoms with Gasteiger partial charge < -0.3 is 9.73 Å². The largest absolute Gasteiger partial charge is 0.456 e. The van der Waals surface area contributed by atoms with E-state index in [1.807, 2.05) is 24.3 Å². The summed E-state index contributed by atoms with van der Waals surface area (Å²) >= 11 is 0. The number of anilines is 1. The monoisotopic (exact) mass is 261 g/mol. The molecule has 3 aromatic rings. The van der Waals surface area contributed by atoms with E-state index in [-0.39, 0.29) is 0 Å². The Hall–Kier alpha value is -2.43. The van der Waals surface area contributed by atoms with Gasteiger partial charge in [-0.25, -0.2) is 0 Å². The molecule has 0 fully saturated rings. The molecule has 0 spiro atoms. The van der Waals surface area contributed by atoms with Crippen molar-refractivity contribution in [3.63, 3.8) is 0 Å². The highest BCUT2D eigenvalue weighted by Crippen LogP contribution is 2.30. The maximum Gasteiger partial charge on any atom is 0.315 e. The van der Waals surface area contributed by atoms with Crippen LogP contribution in [0.25, 0.3) is 21.9 Å². The van der Waals surface area contributed by atoms with Crippen molar-refractivity contribution in [3.8, 4) is 0 Å². The van der Waals surface area contributed by atoms with E-state index < -0.39 is 12.3 Å². The van der Waals surface area contributed by atoms with E-state index in [4.69, 9.17) is 4.42 Å². The number of nitrogens with one attached hydrogen (secondary N) is 1. The Balaban J connectivity index is 2.09. The second-order valence-electron chi connectivity index (χ2n) is 4.10. The third kappa shape index (κ3) is 2.03. The van der Waals surface area contributed by atoms with Crippen LogP contribution in [0.3, 0.4) is 0 Å². The highest BCUT2D eigenvalue weighted by molar-refractivity contribution is 6.07. The molecule has 1 amide bonds. The molecule has 0 unspecified atom stereocenters. The van der Waals surface area contributed by atoms with Crippen LogP contribution in [0.2, 0.25) is 0 Å². The highest BCUT2D eigenvalue weighted by Gasteiger charge is 2.15. The molecule has 1 heterocycles. The first-order valence-electron chi connectivity index (χ1n) is 5.65. The van der Waals surface area contributed by atoms with Gasteiger partial charge in [-0.05, 0) is 24.3 Å². The normalized spacial score (nSPS) is 11.3. The van der Waals surface area contributed by atoms with Gasteiger partial charge in [-0.2, -0.15) is 8.78 Å². The Morgan fingerprint density at radius 2 is 1.79 bits per heavy atom. The van der Waals surface area contributed by atoms with Crippen molar-refractivity contribution in [2.24, 2.45) is 0 Å². The third-order valence-electron chi connectivity index (χ3n) is 2.84. The first kappa shape index (κ1) is 11.6. The smallest absolute Gasteiger partial charge is 0.315 e. The van der Waals surface area contributed by atoms with Crippen molar-refractivity contribution in [1.29, 1.82) is 0 Å². The molecule has 0 aliphatic rings. The minimum atomic E-state index is -3.03. The number of carbonyl (C=O) groups excluding carboxylic acids is 1. The van der Waals surface area contributed by atoms with E-state index in [1.165, 1.54) is 6.07 Å². The lowest BCUT2D eigenvalue weighted by Gasteiger charge is -2.03. The quantitative estimate of drug-likeness (QED) is 0.762. The minimum absolute atomic E-state index is 0.323. The summed E-state index contributed by atoms with van der Waals surface area (Å²) in [5, 5.41) is 3.82. The lowest BCUT2D eigenvalue weighted by molar-refractivity contribution is -0.126. The molecule has 3 rings (SSSR count). The number of alkyl halides is 2. The van der Waals surface area contributed by atoms with Gasteiger partial charge in [0.25, 0.3) is 5.91 Å². The Kier molecular flexibility index (Phi) is 2.67. The number of rotatable bonds is 2. The molecule has 0 bridgehead atoms. The van der Waals surface area contributed by atoms with E-state index in [2.05, 4.69) is 5.32 Å². The Morgan fingerprint density at radius 3 is 2.58 bits per heavy atom. The van der Waals surface area contributed by atoms with Crippen molar-refractivity contribution in [1.82, 2.24) is 0 Å². The molecule has 2 aromatic carbocycles. The summed E-state index contributed by atoms with van der Waals surface area (Å²) in [6, 6.07) is 12.2. The molecule has 1 N–H and O–H groups in total. The van der Waals surface area contributed by atoms with Crippen molar-refractivity contribution in [2.45, 2.75) is 6.43 Å². The number of furan rings is 1. The van der Waals surface area contributed by atoms with Crippen LogP contribution in [0.5, 0.6) is 0 Å². The zero-order chi connectivity index (χ0) is 13.4. The van der Waals surface area contributed by atoms with Crippen LogP contribution in [0.4, 0.5) is 14.5 Å². The molecule has 3 nitrogen and oxygen atoms in total. The maximum atomic E-state index is 12.2. The van der Waals surface area contributed by atoms with Crippen molar-refractivity contribution in [2.75, 3.05) is 5.32 Å². The number of carbonyl (C=O) groups is 1. The molecule has 0 saturated heterocycles. The summed E-state index contributed by atoms with van der Waals surface area (Å²) in [7, 11) is 0. The summed E-state index contributed by atoms with van der Waals surface area (Å²) in [6.45, 7) is 0. The number of hydrogen-bond acceptors (Lipinski definition) is 2. The summed E-state index contributed by atoms with van der Waals surface area (Å²) in [5.74, 6) is -1.31. The number of para-hydroxylation sites is 1. The lowest BCUT2D eigenvalue weighted by atomic mass is 10.1. The molecule has 5 heteroatoms. The molecule has 0 aliphatic heterocycles. The van der Waals surface area contributed by atoms with E-state index in [9.17, 15) is 13.6 Å². The topological polar surface area (TPSA) is 42.2 Å². The highest BCUT2D eigenvalue weighted by atomic mass is 19.3. The predicted octanol–water partition coefficient (Wildman–Crippen LogP) is 3.79. The summed E-state index contributed by atoms with van der Waals surface area (Å²) < 4.78 is 30.0. The maximum absolute atomic E-state index is 12.2. The van der Waals surface area contributed by atoms with Crippen LogP contribution in [0.15, 0.2) is 46.9 Å². The SMILES string of the molecule is O=C(Nc1ccc2oc3ccccc3c2c1)C(F)F. The van der Waals surface area contributed by atoms with Crippen molar-refractivity contribution in [3.05, 3.63) is 42.5 Å². The molecule has 0 aliphatic carbocycles. The molecule has 0 radical (unpaired) electrons. The van der Waals surface area contributed by atoms with E-state index in [1.54, 1.807) is 12.1 Å². The van der Waals surface area contributed by atoms with Gasteiger partial charge >= 0.3 is 6.43 Å². The van der Waals surface area contributed by atoms with Gasteiger partial charge in [0.2, 0.25) is 0 Å². The molecule has 19 heavy (non-hydrogen) atoms. The van der Waals surface area contributed by atoms with Gasteiger partial charge in [-0.3, -0.25) is 4.79 Å². The molecular weight excluding hydrogens is 252 g/mol. The zero-order valence-electron chi connectivity index (χ0n) is 9.69. The van der Waals surface area contributed by atoms with Gasteiger partial charge in [-0.1, -0.05) is 18.2 Å². The van der Waals surface area contributed by atoms with Gasteiger partial charge in [0.05, 0.1) is 0 Å². The van der Waals surface area contributed by atoms with Crippen molar-refractivity contribution >= 4 is 33.5 Å². The standard InChI is InChI=1S/C14H9F2NO2/c15-13(16)14(18)17-8-5-6-12-10(7-8)9-3-1-2-4-11(9)19-12/h1-7,13H,(H,17,18). The first-order chi connectivity index (χ1) is 9.15. The molecule has 96 valence electrons. The van der Waals surface area contributed by atoms with E-state index in [0.29, 0.717) is 11.3 Å². The van der Waals surface area contributed by atoms with Crippen molar-refractivity contribution < 1.29 is 18.0 Å². The fourth-order valence-corrected chi connectivity index (χ4v) is 2.00. The zero-order valence-corrected chi connectivity index (χ0v) is 9.69. The second kappa shape index (κ2) is 4.35. The average molecular weight is 261 g/mol. The van der Waals surface area contributed by atoms with Gasteiger partial charge in [0.15, 0.2) is 0 Å². The fourth-order valence-electron chi connectivity index (χ4n) is 2.00. The minimum Gasteiger partial charge on any atom is -0.456 e. The predicted molar refractivity (Wildman–Crippen MR) is 68.4 cm³/mol. The number of amides is 1. The number of hydrogen-bond donors (Lipinski definition) is 1. The third-order valence-corrected chi connectivity index (χ3v) is 2.84. The molecule has 1 aromatic heterocycles. The number of halogens is 2. The Labute approximate surface area is 106 Å². The number of benzene rings is 2. The van der Waals surface area contributed by atoms with Crippen LogP contribution < -0.4 is 5.32 Å². The summed E-state index contributed by atoms with van der Waals surface area (Å²) in [6.07, 6.45) is -3.03. The van der Waals surface area contributed by atoms with Gasteiger partial charge in [-0.15, -0.1) is 0 Å². The molecule has 0 saturated carbocycles. The van der Waals surface area contributed by atoms with Crippen LogP contribution in [-0.2, 0) is 4.79 Å². The molecule has 0 atom stereocenters. The van der Waals surface area contributed by atoms with Gasteiger partial charge in [0, 0.05) is 16.5 Å². The Morgan fingerprint density at radius 1 is 1.05 bits per heavy atom. The summed E-state index contributed by atoms with van der Waals surface area (Å²) in [4.78, 5) is 11.0. The van der Waals surface area contributed by atoms with Gasteiger partial charge in [0.1, 0.15) is 11.2 Å². The van der Waals surface area contributed by atoms with Crippen LogP contribution in [0, 0.1) is 0 Å². The number of fused-ring (bicyclic) bond motifs is 3. The summed E-state index contributed by atoms with van der Waals surface area (Å²) in [5.41, 5.74) is 1.69. The second-order valence-corrected chi connectivity index (χ2v) is 4.10. The average Bonchev–Trinajstić information content (AvgIpc) is 2.76. The molecular formula is C14H9F2NO2. The van der Waals surface area contributed by atoms with E-state index in [0.717, 1.165) is 16.4 Å². The Bertz CT molecular complexity index is 764. The first-order valence-corrected chi connectivity index (χ1v) is 5.65.